The molecular weight excluding hydrogens is 496 g/mol. The van der Waals surface area contributed by atoms with Gasteiger partial charge in [-0.15, -0.1) is 0 Å². The summed E-state index contributed by atoms with van der Waals surface area (Å²) in [6.45, 7) is 7.31. The lowest BCUT2D eigenvalue weighted by atomic mass is 9.83. The smallest absolute Gasteiger partial charge is 0.343 e. The standard InChI is InChI=1S/C31H32N2O6/c1-5-14-36-22-9-6-20(7-10-22)31(34)38-23-11-12-24-27(16-23)39-30(33)25(17-32)29(24)21-8-13-26(28(15-21)35-4)37-18-19(2)3/h6-13,15-16,19,29H,5,14,18,33H2,1-4H3. The van der Waals surface area contributed by atoms with Crippen molar-refractivity contribution < 1.29 is 28.5 Å². The van der Waals surface area contributed by atoms with Crippen LogP contribution < -0.4 is 29.4 Å². The van der Waals surface area contributed by atoms with E-state index in [0.29, 0.717) is 53.3 Å². The highest BCUT2D eigenvalue weighted by Gasteiger charge is 2.32. The second-order valence-electron chi connectivity index (χ2n) is 9.50. The summed E-state index contributed by atoms with van der Waals surface area (Å²) < 4.78 is 28.4. The molecule has 1 aliphatic rings. The van der Waals surface area contributed by atoms with Crippen molar-refractivity contribution in [3.05, 3.63) is 88.8 Å². The Labute approximate surface area is 228 Å². The molecule has 1 atom stereocenters. The highest BCUT2D eigenvalue weighted by Crippen LogP contribution is 2.45. The fourth-order valence-corrected chi connectivity index (χ4v) is 4.15. The number of carbonyl (C=O) groups excluding carboxylic acids is 1. The number of allylic oxidation sites excluding steroid dienone is 1. The van der Waals surface area contributed by atoms with Crippen LogP contribution in [-0.4, -0.2) is 26.3 Å². The van der Waals surface area contributed by atoms with Gasteiger partial charge >= 0.3 is 5.97 Å². The number of nitrogens with zero attached hydrogens (tertiary/aromatic N) is 1. The Hall–Kier alpha value is -4.64. The van der Waals surface area contributed by atoms with Gasteiger partial charge in [-0.3, -0.25) is 0 Å². The molecule has 4 rings (SSSR count). The number of carbonyl (C=O) groups is 1. The first-order chi connectivity index (χ1) is 18.8. The quantitative estimate of drug-likeness (QED) is 0.253. The molecule has 0 bridgehead atoms. The molecule has 8 heteroatoms. The van der Waals surface area contributed by atoms with E-state index in [1.54, 1.807) is 49.6 Å². The number of hydrogen-bond acceptors (Lipinski definition) is 8. The molecule has 0 aliphatic carbocycles. The average molecular weight is 529 g/mol. The lowest BCUT2D eigenvalue weighted by Gasteiger charge is -2.27. The Kier molecular flexibility index (Phi) is 8.62. The summed E-state index contributed by atoms with van der Waals surface area (Å²) >= 11 is 0. The van der Waals surface area contributed by atoms with Crippen LogP contribution in [0.5, 0.6) is 28.7 Å². The summed E-state index contributed by atoms with van der Waals surface area (Å²) in [5, 5.41) is 9.91. The van der Waals surface area contributed by atoms with Gasteiger partial charge in [0.05, 0.1) is 31.8 Å². The maximum atomic E-state index is 12.7. The van der Waals surface area contributed by atoms with Crippen LogP contribution in [0.15, 0.2) is 72.1 Å². The fraction of sp³-hybridized carbons (Fsp3) is 0.290. The zero-order valence-electron chi connectivity index (χ0n) is 22.5. The van der Waals surface area contributed by atoms with Crippen molar-refractivity contribution in [2.24, 2.45) is 11.7 Å². The number of hydrogen-bond donors (Lipinski definition) is 1. The number of esters is 1. The van der Waals surface area contributed by atoms with Gasteiger partial charge in [0.1, 0.15) is 28.9 Å². The van der Waals surface area contributed by atoms with Crippen LogP contribution >= 0.6 is 0 Å². The Morgan fingerprint density at radius 3 is 2.44 bits per heavy atom. The molecule has 0 fully saturated rings. The first-order valence-electron chi connectivity index (χ1n) is 12.8. The summed E-state index contributed by atoms with van der Waals surface area (Å²) in [4.78, 5) is 12.7. The molecule has 8 nitrogen and oxygen atoms in total. The molecule has 0 spiro atoms. The lowest BCUT2D eigenvalue weighted by molar-refractivity contribution is 0.0734. The van der Waals surface area contributed by atoms with Crippen molar-refractivity contribution in [3.63, 3.8) is 0 Å². The molecule has 3 aromatic carbocycles. The molecule has 3 aromatic rings. The Balaban J connectivity index is 1.60. The second-order valence-corrected chi connectivity index (χ2v) is 9.50. The minimum atomic E-state index is -0.521. The Morgan fingerprint density at radius 2 is 1.77 bits per heavy atom. The maximum absolute atomic E-state index is 12.7. The topological polar surface area (TPSA) is 113 Å². The van der Waals surface area contributed by atoms with Crippen molar-refractivity contribution in [3.8, 4) is 34.8 Å². The van der Waals surface area contributed by atoms with E-state index in [1.165, 1.54) is 0 Å². The molecule has 1 unspecified atom stereocenters. The van der Waals surface area contributed by atoms with Gasteiger partial charge in [-0.1, -0.05) is 32.9 Å². The van der Waals surface area contributed by atoms with Crippen LogP contribution in [-0.2, 0) is 0 Å². The van der Waals surface area contributed by atoms with Crippen molar-refractivity contribution in [1.29, 1.82) is 5.26 Å². The Morgan fingerprint density at radius 1 is 1.03 bits per heavy atom. The third-order valence-corrected chi connectivity index (χ3v) is 6.06. The number of rotatable bonds is 10. The van der Waals surface area contributed by atoms with Crippen LogP contribution in [0.1, 0.15) is 54.6 Å². The van der Waals surface area contributed by atoms with Crippen LogP contribution in [0, 0.1) is 17.2 Å². The summed E-state index contributed by atoms with van der Waals surface area (Å²) in [6.07, 6.45) is 0.895. The monoisotopic (exact) mass is 528 g/mol. The largest absolute Gasteiger partial charge is 0.494 e. The van der Waals surface area contributed by atoms with Gasteiger partial charge in [0.2, 0.25) is 5.88 Å². The number of ether oxygens (including phenoxy) is 5. The van der Waals surface area contributed by atoms with Gasteiger partial charge in [0.25, 0.3) is 0 Å². The summed E-state index contributed by atoms with van der Waals surface area (Å²) in [5.41, 5.74) is 8.31. The molecule has 1 aliphatic heterocycles. The lowest BCUT2D eigenvalue weighted by Crippen LogP contribution is -2.21. The minimum absolute atomic E-state index is 0.0137. The van der Waals surface area contributed by atoms with Crippen LogP contribution in [0.3, 0.4) is 0 Å². The highest BCUT2D eigenvalue weighted by atomic mass is 16.5. The third kappa shape index (κ3) is 6.27. The molecule has 0 saturated carbocycles. The van der Waals surface area contributed by atoms with E-state index in [0.717, 1.165) is 12.0 Å². The van der Waals surface area contributed by atoms with E-state index in [1.807, 2.05) is 25.1 Å². The zero-order chi connectivity index (χ0) is 27.9. The molecule has 1 heterocycles. The van der Waals surface area contributed by atoms with E-state index in [9.17, 15) is 10.1 Å². The predicted molar refractivity (Wildman–Crippen MR) is 146 cm³/mol. The van der Waals surface area contributed by atoms with E-state index in [4.69, 9.17) is 29.4 Å². The van der Waals surface area contributed by atoms with Gasteiger partial charge in [0.15, 0.2) is 11.5 Å². The van der Waals surface area contributed by atoms with Crippen molar-refractivity contribution in [2.45, 2.75) is 33.1 Å². The van der Waals surface area contributed by atoms with E-state index < -0.39 is 11.9 Å². The molecule has 0 aromatic heterocycles. The molecule has 0 saturated heterocycles. The van der Waals surface area contributed by atoms with Gasteiger partial charge in [0, 0.05) is 11.6 Å². The summed E-state index contributed by atoms with van der Waals surface area (Å²) in [6, 6.07) is 19.5. The van der Waals surface area contributed by atoms with Gasteiger partial charge in [-0.25, -0.2) is 4.79 Å². The SMILES string of the molecule is CCCOc1ccc(C(=O)Oc2ccc3c(c2)OC(N)=C(C#N)C3c2ccc(OCC(C)C)c(OC)c2)cc1. The molecule has 0 radical (unpaired) electrons. The highest BCUT2D eigenvalue weighted by molar-refractivity contribution is 5.91. The average Bonchev–Trinajstić information content (AvgIpc) is 2.94. The molecular formula is C31H32N2O6. The molecule has 39 heavy (non-hydrogen) atoms. The minimum Gasteiger partial charge on any atom is -0.494 e. The summed E-state index contributed by atoms with van der Waals surface area (Å²) in [5.74, 6) is 1.84. The van der Waals surface area contributed by atoms with Gasteiger partial charge in [-0.05, 0) is 60.4 Å². The molecule has 2 N–H and O–H groups in total. The first-order valence-corrected chi connectivity index (χ1v) is 12.8. The second kappa shape index (κ2) is 12.3. The number of fused-ring (bicyclic) bond motifs is 1. The van der Waals surface area contributed by atoms with Crippen molar-refractivity contribution in [1.82, 2.24) is 0 Å². The maximum Gasteiger partial charge on any atom is 0.343 e. The first kappa shape index (κ1) is 27.4. The normalized spacial score (nSPS) is 14.2. The number of nitrogens with two attached hydrogens (primary N) is 1. The third-order valence-electron chi connectivity index (χ3n) is 6.06. The number of nitriles is 1. The van der Waals surface area contributed by atoms with Crippen LogP contribution in [0.4, 0.5) is 0 Å². The van der Waals surface area contributed by atoms with Crippen molar-refractivity contribution in [2.75, 3.05) is 20.3 Å². The van der Waals surface area contributed by atoms with E-state index in [2.05, 4.69) is 19.9 Å². The van der Waals surface area contributed by atoms with Crippen LogP contribution in [0.25, 0.3) is 0 Å². The van der Waals surface area contributed by atoms with Gasteiger partial charge < -0.3 is 29.4 Å². The molecule has 0 amide bonds. The van der Waals surface area contributed by atoms with E-state index >= 15 is 0 Å². The molecule has 202 valence electrons. The number of methoxy groups -OCH3 is 1. The summed E-state index contributed by atoms with van der Waals surface area (Å²) in [7, 11) is 1.57. The van der Waals surface area contributed by atoms with Crippen molar-refractivity contribution >= 4 is 5.97 Å². The van der Waals surface area contributed by atoms with Gasteiger partial charge in [-0.2, -0.15) is 5.26 Å². The zero-order valence-corrected chi connectivity index (χ0v) is 22.5. The van der Waals surface area contributed by atoms with E-state index in [-0.39, 0.29) is 17.2 Å². The predicted octanol–water partition coefficient (Wildman–Crippen LogP) is 5.96. The Bertz CT molecular complexity index is 1410. The van der Waals surface area contributed by atoms with Crippen LogP contribution in [0.2, 0.25) is 0 Å². The number of benzene rings is 3. The fourth-order valence-electron chi connectivity index (χ4n) is 4.15.